The van der Waals surface area contributed by atoms with Gasteiger partial charge in [-0.15, -0.1) is 0 Å². The van der Waals surface area contributed by atoms with Crippen molar-refractivity contribution in [2.45, 2.75) is 44.9 Å². The van der Waals surface area contributed by atoms with Gasteiger partial charge in [-0.05, 0) is 24.8 Å². The SMILES string of the molecule is CCC(NCc1ccccc1)C1CCCO1. The summed E-state index contributed by atoms with van der Waals surface area (Å²) in [6, 6.07) is 11.1. The Labute approximate surface area is 98.0 Å². The summed E-state index contributed by atoms with van der Waals surface area (Å²) in [5.74, 6) is 0. The molecule has 2 nitrogen and oxygen atoms in total. The molecule has 1 aromatic carbocycles. The lowest BCUT2D eigenvalue weighted by atomic mass is 10.1. The predicted molar refractivity (Wildman–Crippen MR) is 66.3 cm³/mol. The zero-order valence-electron chi connectivity index (χ0n) is 9.99. The highest BCUT2D eigenvalue weighted by Crippen LogP contribution is 2.17. The largest absolute Gasteiger partial charge is 0.377 e. The second-order valence-corrected chi connectivity index (χ2v) is 4.43. The zero-order chi connectivity index (χ0) is 11.2. The van der Waals surface area contributed by atoms with Gasteiger partial charge in [0.1, 0.15) is 0 Å². The van der Waals surface area contributed by atoms with Gasteiger partial charge in [-0.1, -0.05) is 37.3 Å². The molecule has 0 radical (unpaired) electrons. The van der Waals surface area contributed by atoms with Crippen molar-refractivity contribution in [3.63, 3.8) is 0 Å². The smallest absolute Gasteiger partial charge is 0.0728 e. The molecular weight excluding hydrogens is 198 g/mol. The van der Waals surface area contributed by atoms with Crippen molar-refractivity contribution in [1.82, 2.24) is 5.32 Å². The molecule has 1 heterocycles. The van der Waals surface area contributed by atoms with Crippen LogP contribution >= 0.6 is 0 Å². The molecule has 0 saturated carbocycles. The van der Waals surface area contributed by atoms with Gasteiger partial charge < -0.3 is 10.1 Å². The van der Waals surface area contributed by atoms with Crippen molar-refractivity contribution in [3.8, 4) is 0 Å². The van der Waals surface area contributed by atoms with E-state index in [-0.39, 0.29) is 0 Å². The molecule has 1 aliphatic rings. The lowest BCUT2D eigenvalue weighted by Crippen LogP contribution is -2.38. The van der Waals surface area contributed by atoms with Crippen LogP contribution < -0.4 is 5.32 Å². The van der Waals surface area contributed by atoms with Gasteiger partial charge in [0.25, 0.3) is 0 Å². The minimum atomic E-state index is 0.425. The molecule has 0 amide bonds. The van der Waals surface area contributed by atoms with Crippen LogP contribution in [-0.4, -0.2) is 18.8 Å². The second kappa shape index (κ2) is 6.02. The molecule has 0 spiro atoms. The maximum absolute atomic E-state index is 5.73. The van der Waals surface area contributed by atoms with E-state index in [1.54, 1.807) is 0 Å². The third kappa shape index (κ3) is 3.06. The first-order valence-corrected chi connectivity index (χ1v) is 6.29. The van der Waals surface area contributed by atoms with Crippen LogP contribution in [0.5, 0.6) is 0 Å². The van der Waals surface area contributed by atoms with Crippen LogP contribution in [0.25, 0.3) is 0 Å². The van der Waals surface area contributed by atoms with Gasteiger partial charge in [-0.3, -0.25) is 0 Å². The van der Waals surface area contributed by atoms with Crippen LogP contribution in [-0.2, 0) is 11.3 Å². The summed E-state index contributed by atoms with van der Waals surface area (Å²) in [5.41, 5.74) is 1.35. The van der Waals surface area contributed by atoms with Crippen molar-refractivity contribution < 1.29 is 4.74 Å². The Balaban J connectivity index is 1.83. The Kier molecular flexibility index (Phi) is 4.37. The summed E-state index contributed by atoms with van der Waals surface area (Å²) < 4.78 is 5.73. The molecule has 1 aromatic rings. The van der Waals surface area contributed by atoms with Gasteiger partial charge >= 0.3 is 0 Å². The van der Waals surface area contributed by atoms with Gasteiger partial charge in [-0.2, -0.15) is 0 Å². The van der Waals surface area contributed by atoms with E-state index in [4.69, 9.17) is 4.74 Å². The fourth-order valence-electron chi connectivity index (χ4n) is 2.30. The average molecular weight is 219 g/mol. The van der Waals surface area contributed by atoms with E-state index in [1.165, 1.54) is 18.4 Å². The summed E-state index contributed by atoms with van der Waals surface area (Å²) >= 11 is 0. The topological polar surface area (TPSA) is 21.3 Å². The number of ether oxygens (including phenoxy) is 1. The Morgan fingerprint density at radius 2 is 2.19 bits per heavy atom. The number of hydrogen-bond donors (Lipinski definition) is 1. The molecule has 88 valence electrons. The lowest BCUT2D eigenvalue weighted by molar-refractivity contribution is 0.0765. The van der Waals surface area contributed by atoms with Gasteiger partial charge in [0, 0.05) is 19.2 Å². The molecule has 2 heteroatoms. The quantitative estimate of drug-likeness (QED) is 0.822. The molecule has 2 rings (SSSR count). The Hall–Kier alpha value is -0.860. The normalized spacial score (nSPS) is 22.2. The number of nitrogens with one attached hydrogen (secondary N) is 1. The molecule has 0 aliphatic carbocycles. The third-order valence-corrected chi connectivity index (χ3v) is 3.26. The molecule has 1 aliphatic heterocycles. The molecule has 2 atom stereocenters. The molecule has 2 unspecified atom stereocenters. The first kappa shape index (κ1) is 11.6. The highest BCUT2D eigenvalue weighted by molar-refractivity contribution is 5.14. The van der Waals surface area contributed by atoms with Crippen molar-refractivity contribution in [3.05, 3.63) is 35.9 Å². The van der Waals surface area contributed by atoms with Crippen LogP contribution in [0.4, 0.5) is 0 Å². The van der Waals surface area contributed by atoms with Crippen molar-refractivity contribution >= 4 is 0 Å². The van der Waals surface area contributed by atoms with E-state index in [9.17, 15) is 0 Å². The van der Waals surface area contributed by atoms with E-state index >= 15 is 0 Å². The van der Waals surface area contributed by atoms with Crippen LogP contribution in [0.2, 0.25) is 0 Å². The van der Waals surface area contributed by atoms with Crippen molar-refractivity contribution in [2.75, 3.05) is 6.61 Å². The number of benzene rings is 1. The minimum Gasteiger partial charge on any atom is -0.377 e. The lowest BCUT2D eigenvalue weighted by Gasteiger charge is -2.23. The van der Waals surface area contributed by atoms with E-state index < -0.39 is 0 Å². The highest BCUT2D eigenvalue weighted by Gasteiger charge is 2.23. The van der Waals surface area contributed by atoms with Gasteiger partial charge in [0.05, 0.1) is 6.10 Å². The van der Waals surface area contributed by atoms with Crippen LogP contribution in [0.1, 0.15) is 31.7 Å². The zero-order valence-corrected chi connectivity index (χ0v) is 9.99. The average Bonchev–Trinajstić information content (AvgIpc) is 2.85. The summed E-state index contributed by atoms with van der Waals surface area (Å²) in [6.45, 7) is 4.11. The van der Waals surface area contributed by atoms with Gasteiger partial charge in [0.2, 0.25) is 0 Å². The fourth-order valence-corrected chi connectivity index (χ4v) is 2.30. The van der Waals surface area contributed by atoms with Crippen LogP contribution in [0.15, 0.2) is 30.3 Å². The molecule has 1 N–H and O–H groups in total. The fraction of sp³-hybridized carbons (Fsp3) is 0.571. The Morgan fingerprint density at radius 3 is 2.81 bits per heavy atom. The molecule has 0 bridgehead atoms. The molecular formula is C14H21NO. The van der Waals surface area contributed by atoms with Gasteiger partial charge in [-0.25, -0.2) is 0 Å². The molecule has 16 heavy (non-hydrogen) atoms. The van der Waals surface area contributed by atoms with Crippen molar-refractivity contribution in [2.24, 2.45) is 0 Å². The van der Waals surface area contributed by atoms with E-state index in [0.29, 0.717) is 12.1 Å². The molecule has 0 aromatic heterocycles. The van der Waals surface area contributed by atoms with Crippen LogP contribution in [0, 0.1) is 0 Å². The van der Waals surface area contributed by atoms with Crippen molar-refractivity contribution in [1.29, 1.82) is 0 Å². The third-order valence-electron chi connectivity index (χ3n) is 3.26. The Bertz CT molecular complexity index is 293. The summed E-state index contributed by atoms with van der Waals surface area (Å²) in [6.07, 6.45) is 3.99. The summed E-state index contributed by atoms with van der Waals surface area (Å²) in [5, 5.41) is 3.60. The first-order chi connectivity index (χ1) is 7.90. The number of rotatable bonds is 5. The van der Waals surface area contributed by atoms with E-state index in [0.717, 1.165) is 19.6 Å². The van der Waals surface area contributed by atoms with Gasteiger partial charge in [0.15, 0.2) is 0 Å². The summed E-state index contributed by atoms with van der Waals surface area (Å²) in [4.78, 5) is 0. The molecule has 1 fully saturated rings. The highest BCUT2D eigenvalue weighted by atomic mass is 16.5. The summed E-state index contributed by atoms with van der Waals surface area (Å²) in [7, 11) is 0. The van der Waals surface area contributed by atoms with E-state index in [2.05, 4.69) is 42.6 Å². The standard InChI is InChI=1S/C14H21NO/c1-2-13(14-9-6-10-16-14)15-11-12-7-4-3-5-8-12/h3-5,7-8,13-15H,2,6,9-11H2,1H3. The maximum Gasteiger partial charge on any atom is 0.0728 e. The van der Waals surface area contributed by atoms with E-state index in [1.807, 2.05) is 0 Å². The maximum atomic E-state index is 5.73. The van der Waals surface area contributed by atoms with Crippen LogP contribution in [0.3, 0.4) is 0 Å². The minimum absolute atomic E-state index is 0.425. The second-order valence-electron chi connectivity index (χ2n) is 4.43. The molecule has 1 saturated heterocycles. The predicted octanol–water partition coefficient (Wildman–Crippen LogP) is 2.73. The monoisotopic (exact) mass is 219 g/mol. The Morgan fingerprint density at radius 1 is 1.38 bits per heavy atom. The first-order valence-electron chi connectivity index (χ1n) is 6.29. The number of hydrogen-bond acceptors (Lipinski definition) is 2.